The molecule has 158 valence electrons. The van der Waals surface area contributed by atoms with Crippen molar-refractivity contribution in [3.05, 3.63) is 29.8 Å². The van der Waals surface area contributed by atoms with E-state index in [0.717, 1.165) is 32.1 Å². The zero-order valence-electron chi connectivity index (χ0n) is 17.0. The molecular weight excluding hydrogens is 376 g/mol. The number of ketones is 1. The second kappa shape index (κ2) is 9.40. The second-order valence-electron chi connectivity index (χ2n) is 7.54. The van der Waals surface area contributed by atoms with Crippen molar-refractivity contribution in [3.8, 4) is 5.75 Å². The van der Waals surface area contributed by atoms with Crippen molar-refractivity contribution in [1.29, 1.82) is 0 Å². The van der Waals surface area contributed by atoms with Gasteiger partial charge in [0.15, 0.2) is 0 Å². The van der Waals surface area contributed by atoms with Crippen LogP contribution < -0.4 is 21.2 Å². The van der Waals surface area contributed by atoms with Gasteiger partial charge in [-0.2, -0.15) is 0 Å². The van der Waals surface area contributed by atoms with Gasteiger partial charge in [0.1, 0.15) is 11.3 Å². The normalized spacial score (nSPS) is 14.6. The van der Waals surface area contributed by atoms with Gasteiger partial charge in [-0.05, 0) is 51.0 Å². The minimum absolute atomic E-state index is 0.00153. The molecule has 1 saturated carbocycles. The molecule has 0 spiro atoms. The highest BCUT2D eigenvalue weighted by atomic mass is 16.5. The van der Waals surface area contributed by atoms with Gasteiger partial charge in [-0.15, -0.1) is 0 Å². The zero-order chi connectivity index (χ0) is 21.6. The Balaban J connectivity index is 2.22. The number of urea groups is 1. The van der Waals surface area contributed by atoms with Crippen LogP contribution in [0.1, 0.15) is 56.3 Å². The van der Waals surface area contributed by atoms with Gasteiger partial charge in [0.2, 0.25) is 5.91 Å². The molecule has 0 radical (unpaired) electrons. The Morgan fingerprint density at radius 1 is 1.07 bits per heavy atom. The number of Topliss-reactive ketones (excluding diaryl/α,β-unsaturated/α-hetero) is 1. The third kappa shape index (κ3) is 5.46. The number of nitrogens with zero attached hydrogens (tertiary/aromatic N) is 1. The van der Waals surface area contributed by atoms with Gasteiger partial charge in [0.25, 0.3) is 5.78 Å². The Bertz CT molecular complexity index is 770. The van der Waals surface area contributed by atoms with E-state index in [1.807, 2.05) is 0 Å². The lowest BCUT2D eigenvalue weighted by molar-refractivity contribution is -0.146. The quantitative estimate of drug-likeness (QED) is 0.376. The summed E-state index contributed by atoms with van der Waals surface area (Å²) in [5, 5.41) is 3.60. The highest BCUT2D eigenvalue weighted by Crippen LogP contribution is 2.21. The number of methoxy groups -OCH3 is 1. The number of rotatable bonds is 6. The van der Waals surface area contributed by atoms with Crippen molar-refractivity contribution in [2.45, 2.75) is 57.5 Å². The van der Waals surface area contributed by atoms with E-state index in [-0.39, 0.29) is 11.6 Å². The minimum atomic E-state index is -1.54. The predicted octanol–water partition coefficient (Wildman–Crippen LogP) is 1.52. The molecule has 0 atom stereocenters. The largest absolute Gasteiger partial charge is 0.497 e. The first kappa shape index (κ1) is 22.2. The molecule has 4 amide bonds. The SMILES string of the molecule is COc1ccc(C(=O)C(=O)N(NC(N)=O)C(C)(C)C(=O)NC2CCCCC2)cc1. The van der Waals surface area contributed by atoms with Gasteiger partial charge in [-0.1, -0.05) is 19.3 Å². The number of amides is 4. The van der Waals surface area contributed by atoms with Gasteiger partial charge < -0.3 is 15.8 Å². The second-order valence-corrected chi connectivity index (χ2v) is 7.54. The average Bonchev–Trinajstić information content (AvgIpc) is 2.71. The van der Waals surface area contributed by atoms with Crippen LogP contribution in [0.4, 0.5) is 4.79 Å². The molecule has 4 N–H and O–H groups in total. The predicted molar refractivity (Wildman–Crippen MR) is 106 cm³/mol. The van der Waals surface area contributed by atoms with E-state index in [0.29, 0.717) is 10.8 Å². The van der Waals surface area contributed by atoms with Gasteiger partial charge in [0, 0.05) is 11.6 Å². The Morgan fingerprint density at radius 2 is 1.66 bits per heavy atom. The van der Waals surface area contributed by atoms with Crippen molar-refractivity contribution in [1.82, 2.24) is 15.8 Å². The molecule has 0 aromatic heterocycles. The van der Waals surface area contributed by atoms with Crippen molar-refractivity contribution in [3.63, 3.8) is 0 Å². The standard InChI is InChI=1S/C20H28N4O5/c1-20(2,18(27)22-14-7-5-4-6-8-14)24(23-19(21)28)17(26)16(25)13-9-11-15(29-3)12-10-13/h9-12,14H,4-8H2,1-3H3,(H,22,27)(H3,21,23,28). The third-order valence-electron chi connectivity index (χ3n) is 5.03. The number of hydrogen-bond acceptors (Lipinski definition) is 5. The lowest BCUT2D eigenvalue weighted by atomic mass is 9.94. The molecule has 29 heavy (non-hydrogen) atoms. The molecule has 0 aliphatic heterocycles. The maximum atomic E-state index is 12.9. The van der Waals surface area contributed by atoms with Crippen molar-refractivity contribution >= 4 is 23.6 Å². The number of hydrazine groups is 1. The van der Waals surface area contributed by atoms with Crippen LogP contribution in [-0.2, 0) is 9.59 Å². The summed E-state index contributed by atoms with van der Waals surface area (Å²) in [6, 6.07) is 4.87. The van der Waals surface area contributed by atoms with E-state index in [4.69, 9.17) is 10.5 Å². The summed E-state index contributed by atoms with van der Waals surface area (Å²) in [4.78, 5) is 49.9. The molecule has 0 saturated heterocycles. The van der Waals surface area contributed by atoms with Crippen LogP contribution in [0, 0.1) is 0 Å². The van der Waals surface area contributed by atoms with Crippen molar-refractivity contribution in [2.75, 3.05) is 7.11 Å². The lowest BCUT2D eigenvalue weighted by Gasteiger charge is -2.37. The van der Waals surface area contributed by atoms with Gasteiger partial charge in [-0.25, -0.2) is 15.2 Å². The first-order valence-electron chi connectivity index (χ1n) is 9.56. The van der Waals surface area contributed by atoms with E-state index >= 15 is 0 Å². The summed E-state index contributed by atoms with van der Waals surface area (Å²) in [6.45, 7) is 2.89. The third-order valence-corrected chi connectivity index (χ3v) is 5.03. The first-order chi connectivity index (χ1) is 13.7. The summed E-state index contributed by atoms with van der Waals surface area (Å²) in [7, 11) is 1.48. The van der Waals surface area contributed by atoms with Crippen LogP contribution in [0.15, 0.2) is 24.3 Å². The van der Waals surface area contributed by atoms with Crippen LogP contribution in [0.5, 0.6) is 5.75 Å². The summed E-state index contributed by atoms with van der Waals surface area (Å²) in [6.07, 6.45) is 4.86. The van der Waals surface area contributed by atoms with Gasteiger partial charge >= 0.3 is 11.9 Å². The number of ether oxygens (including phenoxy) is 1. The highest BCUT2D eigenvalue weighted by molar-refractivity contribution is 6.43. The summed E-state index contributed by atoms with van der Waals surface area (Å²) in [5.41, 5.74) is 5.87. The number of carbonyl (C=O) groups excluding carboxylic acids is 4. The van der Waals surface area contributed by atoms with Crippen LogP contribution in [0.2, 0.25) is 0 Å². The number of carbonyl (C=O) groups is 4. The number of hydrogen-bond donors (Lipinski definition) is 3. The topological polar surface area (TPSA) is 131 Å². The molecule has 9 heteroatoms. The molecule has 0 unspecified atom stereocenters. The van der Waals surface area contributed by atoms with E-state index < -0.39 is 29.2 Å². The maximum absolute atomic E-state index is 12.9. The molecule has 0 bridgehead atoms. The molecule has 1 aromatic carbocycles. The van der Waals surface area contributed by atoms with Crippen LogP contribution >= 0.6 is 0 Å². The minimum Gasteiger partial charge on any atom is -0.497 e. The smallest absolute Gasteiger partial charge is 0.331 e. The Labute approximate surface area is 169 Å². The average molecular weight is 404 g/mol. The van der Waals surface area contributed by atoms with Gasteiger partial charge in [-0.3, -0.25) is 14.4 Å². The van der Waals surface area contributed by atoms with E-state index in [1.165, 1.54) is 45.2 Å². The maximum Gasteiger partial charge on any atom is 0.331 e. The molecule has 0 heterocycles. The summed E-state index contributed by atoms with van der Waals surface area (Å²) in [5.74, 6) is -1.92. The monoisotopic (exact) mass is 404 g/mol. The van der Waals surface area contributed by atoms with Crippen LogP contribution in [-0.4, -0.2) is 47.3 Å². The molecular formula is C20H28N4O5. The van der Waals surface area contributed by atoms with Crippen molar-refractivity contribution < 1.29 is 23.9 Å². The Morgan fingerprint density at radius 3 is 2.17 bits per heavy atom. The number of primary amides is 1. The summed E-state index contributed by atoms with van der Waals surface area (Å²) < 4.78 is 5.03. The number of benzene rings is 1. The molecule has 1 aromatic rings. The summed E-state index contributed by atoms with van der Waals surface area (Å²) >= 11 is 0. The molecule has 9 nitrogen and oxygen atoms in total. The number of nitrogens with two attached hydrogens (primary N) is 1. The number of nitrogens with one attached hydrogen (secondary N) is 2. The molecule has 1 aliphatic rings. The van der Waals surface area contributed by atoms with Gasteiger partial charge in [0.05, 0.1) is 7.11 Å². The zero-order valence-corrected chi connectivity index (χ0v) is 17.0. The van der Waals surface area contributed by atoms with E-state index in [1.54, 1.807) is 0 Å². The Kier molecular flexibility index (Phi) is 7.19. The molecule has 1 aliphatic carbocycles. The van der Waals surface area contributed by atoms with Crippen LogP contribution in [0.3, 0.4) is 0 Å². The Hall–Kier alpha value is -3.10. The van der Waals surface area contributed by atoms with Crippen LogP contribution in [0.25, 0.3) is 0 Å². The molecule has 1 fully saturated rings. The molecule has 2 rings (SSSR count). The first-order valence-corrected chi connectivity index (χ1v) is 9.56. The van der Waals surface area contributed by atoms with E-state index in [9.17, 15) is 19.2 Å². The van der Waals surface area contributed by atoms with Crippen molar-refractivity contribution in [2.24, 2.45) is 5.73 Å². The fourth-order valence-electron chi connectivity index (χ4n) is 3.23. The fraction of sp³-hybridized carbons (Fsp3) is 0.500. The fourth-order valence-corrected chi connectivity index (χ4v) is 3.23. The highest BCUT2D eigenvalue weighted by Gasteiger charge is 2.42. The van der Waals surface area contributed by atoms with E-state index in [2.05, 4.69) is 10.7 Å². The lowest BCUT2D eigenvalue weighted by Crippen LogP contribution is -2.66.